The van der Waals surface area contributed by atoms with Gasteiger partial charge in [0.15, 0.2) is 5.16 Å². The van der Waals surface area contributed by atoms with Gasteiger partial charge in [-0.25, -0.2) is 14.8 Å². The Labute approximate surface area is 124 Å². The predicted molar refractivity (Wildman–Crippen MR) is 78.8 cm³/mol. The number of carbonyl (C=O) groups is 1. The number of carboxylic acids is 1. The number of thioether (sulfide) groups is 1. The topological polar surface area (TPSA) is 115 Å². The van der Waals surface area contributed by atoms with Crippen molar-refractivity contribution in [2.45, 2.75) is 10.9 Å². The molecule has 20 heavy (non-hydrogen) atoms. The third-order valence-corrected chi connectivity index (χ3v) is 3.65. The molecule has 0 saturated carbocycles. The molecule has 0 aliphatic carbocycles. The molecule has 0 atom stereocenters. The van der Waals surface area contributed by atoms with Crippen LogP contribution in [0.5, 0.6) is 0 Å². The lowest BCUT2D eigenvalue weighted by Crippen LogP contribution is -2.00. The van der Waals surface area contributed by atoms with Gasteiger partial charge in [0.05, 0.1) is 5.56 Å². The predicted octanol–water partition coefficient (Wildman–Crippen LogP) is 2.28. The monoisotopic (exact) mass is 310 g/mol. The minimum absolute atomic E-state index is 0.146. The molecule has 0 unspecified atom stereocenters. The average molecular weight is 311 g/mol. The van der Waals surface area contributed by atoms with Crippen molar-refractivity contribution in [3.05, 3.63) is 40.4 Å². The summed E-state index contributed by atoms with van der Waals surface area (Å²) in [6.45, 7) is 0. The van der Waals surface area contributed by atoms with Crippen LogP contribution in [0.25, 0.3) is 0 Å². The Morgan fingerprint density at radius 3 is 2.45 bits per heavy atom. The van der Waals surface area contributed by atoms with E-state index in [4.69, 9.17) is 28.2 Å². The Kier molecular flexibility index (Phi) is 4.31. The number of carboxylic acid groups (broad SMARTS) is 1. The molecule has 0 saturated heterocycles. The molecule has 1 aromatic carbocycles. The zero-order valence-electron chi connectivity index (χ0n) is 10.2. The van der Waals surface area contributed by atoms with Gasteiger partial charge in [-0.2, -0.15) is 0 Å². The fourth-order valence-electron chi connectivity index (χ4n) is 1.47. The average Bonchev–Trinajstić information content (AvgIpc) is 2.36. The van der Waals surface area contributed by atoms with E-state index in [9.17, 15) is 4.79 Å². The Balaban J connectivity index is 2.12. The van der Waals surface area contributed by atoms with E-state index in [1.54, 1.807) is 6.07 Å². The van der Waals surface area contributed by atoms with Gasteiger partial charge < -0.3 is 16.6 Å². The molecule has 1 heterocycles. The van der Waals surface area contributed by atoms with Gasteiger partial charge in [0.25, 0.3) is 0 Å². The Hall–Kier alpha value is -1.99. The van der Waals surface area contributed by atoms with Crippen LogP contribution in [0.15, 0.2) is 29.4 Å². The summed E-state index contributed by atoms with van der Waals surface area (Å²) >= 11 is 7.35. The highest BCUT2D eigenvalue weighted by atomic mass is 35.5. The number of rotatable bonds is 4. The molecule has 0 bridgehead atoms. The van der Waals surface area contributed by atoms with Crippen molar-refractivity contribution in [1.29, 1.82) is 0 Å². The minimum Gasteiger partial charge on any atom is -0.478 e. The molecule has 5 N–H and O–H groups in total. The quantitative estimate of drug-likeness (QED) is 0.586. The third kappa shape index (κ3) is 3.52. The van der Waals surface area contributed by atoms with E-state index in [0.717, 1.165) is 5.56 Å². The standard InChI is InChI=1S/C12H11ClN4O2S/c13-8-3-6(11(18)19)1-2-7(8)5-20-12-16-9(14)4-10(15)17-12/h1-4H,5H2,(H,18,19)(H4,14,15,16,17). The Bertz CT molecular complexity index is 646. The van der Waals surface area contributed by atoms with E-state index in [1.165, 1.54) is 30.0 Å². The summed E-state index contributed by atoms with van der Waals surface area (Å²) in [6.07, 6.45) is 0. The normalized spacial score (nSPS) is 10.4. The highest BCUT2D eigenvalue weighted by molar-refractivity contribution is 7.98. The maximum Gasteiger partial charge on any atom is 0.335 e. The first kappa shape index (κ1) is 14.4. The van der Waals surface area contributed by atoms with E-state index in [1.807, 2.05) is 0 Å². The molecule has 0 fully saturated rings. The molecule has 0 spiro atoms. The summed E-state index contributed by atoms with van der Waals surface area (Å²) in [5.74, 6) is 0.0689. The van der Waals surface area contributed by atoms with Crippen LogP contribution in [-0.4, -0.2) is 21.0 Å². The molecule has 2 rings (SSSR count). The number of aromatic nitrogens is 2. The number of halogens is 1. The lowest BCUT2D eigenvalue weighted by Gasteiger charge is -2.05. The molecule has 0 radical (unpaired) electrons. The van der Waals surface area contributed by atoms with E-state index in [-0.39, 0.29) is 5.56 Å². The second-order valence-electron chi connectivity index (χ2n) is 3.90. The maximum atomic E-state index is 10.8. The second-order valence-corrected chi connectivity index (χ2v) is 5.25. The van der Waals surface area contributed by atoms with Crippen LogP contribution in [0.4, 0.5) is 11.6 Å². The van der Waals surface area contributed by atoms with Crippen molar-refractivity contribution >= 4 is 41.0 Å². The van der Waals surface area contributed by atoms with Crippen LogP contribution in [0.1, 0.15) is 15.9 Å². The van der Waals surface area contributed by atoms with Gasteiger partial charge in [0.1, 0.15) is 11.6 Å². The van der Waals surface area contributed by atoms with E-state index in [2.05, 4.69) is 9.97 Å². The summed E-state index contributed by atoms with van der Waals surface area (Å²) in [6, 6.07) is 6.04. The lowest BCUT2D eigenvalue weighted by atomic mass is 10.1. The van der Waals surface area contributed by atoms with Gasteiger partial charge in [0, 0.05) is 16.8 Å². The first-order valence-electron chi connectivity index (χ1n) is 5.50. The largest absolute Gasteiger partial charge is 0.478 e. The smallest absolute Gasteiger partial charge is 0.335 e. The van der Waals surface area contributed by atoms with Crippen LogP contribution in [0, 0.1) is 0 Å². The van der Waals surface area contributed by atoms with Crippen LogP contribution < -0.4 is 11.5 Å². The van der Waals surface area contributed by atoms with Crippen LogP contribution in [0.3, 0.4) is 0 Å². The molecule has 8 heteroatoms. The molecule has 0 aliphatic heterocycles. The SMILES string of the molecule is Nc1cc(N)nc(SCc2ccc(C(=O)O)cc2Cl)n1. The number of anilines is 2. The van der Waals surface area contributed by atoms with Crippen LogP contribution >= 0.6 is 23.4 Å². The lowest BCUT2D eigenvalue weighted by molar-refractivity contribution is 0.0697. The fourth-order valence-corrected chi connectivity index (χ4v) is 2.67. The highest BCUT2D eigenvalue weighted by Crippen LogP contribution is 2.26. The fraction of sp³-hybridized carbons (Fsp3) is 0.0833. The first-order chi connectivity index (χ1) is 9.45. The molecular formula is C12H11ClN4O2S. The summed E-state index contributed by atoms with van der Waals surface area (Å²) in [7, 11) is 0. The molecule has 0 aliphatic rings. The molecule has 0 amide bonds. The Morgan fingerprint density at radius 1 is 1.25 bits per heavy atom. The van der Waals surface area contributed by atoms with Crippen molar-refractivity contribution in [3.63, 3.8) is 0 Å². The first-order valence-corrected chi connectivity index (χ1v) is 6.86. The van der Waals surface area contributed by atoms with Crippen LogP contribution in [0.2, 0.25) is 5.02 Å². The molecule has 104 valence electrons. The third-order valence-electron chi connectivity index (χ3n) is 2.40. The van der Waals surface area contributed by atoms with Crippen molar-refractivity contribution < 1.29 is 9.90 Å². The van der Waals surface area contributed by atoms with Crippen molar-refractivity contribution in [2.24, 2.45) is 0 Å². The number of hydrogen-bond donors (Lipinski definition) is 3. The number of nitrogens with two attached hydrogens (primary N) is 2. The molecule has 2 aromatic rings. The summed E-state index contributed by atoms with van der Waals surface area (Å²) in [4.78, 5) is 18.9. The van der Waals surface area contributed by atoms with Gasteiger partial charge in [-0.1, -0.05) is 29.4 Å². The van der Waals surface area contributed by atoms with E-state index >= 15 is 0 Å². The van der Waals surface area contributed by atoms with Crippen molar-refractivity contribution in [1.82, 2.24) is 9.97 Å². The number of benzene rings is 1. The number of nitrogen functional groups attached to an aromatic ring is 2. The summed E-state index contributed by atoms with van der Waals surface area (Å²) < 4.78 is 0. The number of aromatic carboxylic acids is 1. The molecule has 1 aromatic heterocycles. The Morgan fingerprint density at radius 2 is 1.90 bits per heavy atom. The van der Waals surface area contributed by atoms with Gasteiger partial charge in [0.2, 0.25) is 0 Å². The second kappa shape index (κ2) is 5.98. The van der Waals surface area contributed by atoms with Gasteiger partial charge in [-0.3, -0.25) is 0 Å². The van der Waals surface area contributed by atoms with Crippen molar-refractivity contribution in [3.8, 4) is 0 Å². The van der Waals surface area contributed by atoms with Crippen LogP contribution in [-0.2, 0) is 5.75 Å². The minimum atomic E-state index is -1.02. The van der Waals surface area contributed by atoms with Gasteiger partial charge in [-0.05, 0) is 17.7 Å². The maximum absolute atomic E-state index is 10.8. The molecule has 6 nitrogen and oxygen atoms in total. The molecular weight excluding hydrogens is 300 g/mol. The van der Waals surface area contributed by atoms with Crippen molar-refractivity contribution in [2.75, 3.05) is 11.5 Å². The zero-order valence-corrected chi connectivity index (χ0v) is 11.8. The van der Waals surface area contributed by atoms with E-state index in [0.29, 0.717) is 27.6 Å². The van der Waals surface area contributed by atoms with Gasteiger partial charge in [-0.15, -0.1) is 0 Å². The number of nitrogens with zero attached hydrogens (tertiary/aromatic N) is 2. The highest BCUT2D eigenvalue weighted by Gasteiger charge is 2.09. The number of hydrogen-bond acceptors (Lipinski definition) is 6. The van der Waals surface area contributed by atoms with Gasteiger partial charge >= 0.3 is 5.97 Å². The summed E-state index contributed by atoms with van der Waals surface area (Å²) in [5, 5.41) is 9.69. The zero-order chi connectivity index (χ0) is 14.7. The summed E-state index contributed by atoms with van der Waals surface area (Å²) in [5.41, 5.74) is 12.1. The van der Waals surface area contributed by atoms with E-state index < -0.39 is 5.97 Å².